The summed E-state index contributed by atoms with van der Waals surface area (Å²) in [5.74, 6) is -0.501. The van der Waals surface area contributed by atoms with Crippen molar-refractivity contribution in [2.45, 2.75) is 4.90 Å². The molecule has 0 spiro atoms. The van der Waals surface area contributed by atoms with Gasteiger partial charge in [-0.05, 0) is 30.3 Å². The molecular formula is C14H11ClFNO2S. The first-order chi connectivity index (χ1) is 9.56. The molecule has 2 N–H and O–H groups in total. The fraction of sp³-hybridized carbons (Fsp3) is 0.0714. The molecule has 0 saturated heterocycles. The van der Waals surface area contributed by atoms with Gasteiger partial charge in [0.05, 0.1) is 16.5 Å². The van der Waals surface area contributed by atoms with Crippen LogP contribution in [0.5, 0.6) is 5.75 Å². The number of thioether (sulfide) groups is 1. The van der Waals surface area contributed by atoms with Gasteiger partial charge in [0.2, 0.25) is 5.91 Å². The Bertz CT molecular complexity index is 636. The maximum absolute atomic E-state index is 12.9. The van der Waals surface area contributed by atoms with Crippen LogP contribution in [0.25, 0.3) is 0 Å². The Morgan fingerprint density at radius 1 is 1.30 bits per heavy atom. The summed E-state index contributed by atoms with van der Waals surface area (Å²) in [5, 5.41) is 12.3. The largest absolute Gasteiger partial charge is 0.507 e. The molecule has 0 saturated carbocycles. The Morgan fingerprint density at radius 3 is 2.75 bits per heavy atom. The van der Waals surface area contributed by atoms with Gasteiger partial charge in [0.1, 0.15) is 11.6 Å². The van der Waals surface area contributed by atoms with Crippen molar-refractivity contribution in [1.29, 1.82) is 0 Å². The lowest BCUT2D eigenvalue weighted by Crippen LogP contribution is -2.14. The molecule has 0 heterocycles. The number of phenolic OH excluding ortho intramolecular Hbond substituents is 1. The van der Waals surface area contributed by atoms with Crippen molar-refractivity contribution in [3.05, 3.63) is 53.3 Å². The highest BCUT2D eigenvalue weighted by Gasteiger charge is 2.08. The molecule has 1 amide bonds. The summed E-state index contributed by atoms with van der Waals surface area (Å²) in [6, 6.07) is 10.5. The van der Waals surface area contributed by atoms with Gasteiger partial charge in [0.25, 0.3) is 0 Å². The highest BCUT2D eigenvalue weighted by Crippen LogP contribution is 2.28. The van der Waals surface area contributed by atoms with Crippen LogP contribution < -0.4 is 5.32 Å². The number of hydrogen-bond acceptors (Lipinski definition) is 3. The van der Waals surface area contributed by atoms with Crippen LogP contribution in [0.15, 0.2) is 47.4 Å². The molecule has 2 aromatic carbocycles. The lowest BCUT2D eigenvalue weighted by atomic mass is 10.3. The molecule has 0 aromatic heterocycles. The van der Waals surface area contributed by atoms with Crippen molar-refractivity contribution in [3.8, 4) is 5.75 Å². The van der Waals surface area contributed by atoms with Gasteiger partial charge >= 0.3 is 0 Å². The van der Waals surface area contributed by atoms with Crippen molar-refractivity contribution < 1.29 is 14.3 Å². The van der Waals surface area contributed by atoms with E-state index in [2.05, 4.69) is 5.32 Å². The van der Waals surface area contributed by atoms with E-state index in [0.717, 1.165) is 6.07 Å². The van der Waals surface area contributed by atoms with Gasteiger partial charge in [-0.3, -0.25) is 4.79 Å². The van der Waals surface area contributed by atoms with Crippen LogP contribution in [-0.4, -0.2) is 16.8 Å². The number of aromatic hydroxyl groups is 1. The van der Waals surface area contributed by atoms with E-state index in [1.54, 1.807) is 24.3 Å². The quantitative estimate of drug-likeness (QED) is 0.842. The number of carbonyl (C=O) groups excluding carboxylic acids is 1. The molecule has 0 aliphatic carbocycles. The van der Waals surface area contributed by atoms with E-state index >= 15 is 0 Å². The average molecular weight is 312 g/mol. The maximum atomic E-state index is 12.9. The molecule has 0 aliphatic rings. The molecule has 0 aliphatic heterocycles. The number of hydrogen-bond donors (Lipinski definition) is 2. The van der Waals surface area contributed by atoms with E-state index < -0.39 is 5.82 Å². The molecule has 0 fully saturated rings. The lowest BCUT2D eigenvalue weighted by molar-refractivity contribution is -0.113. The fourth-order valence-corrected chi connectivity index (χ4v) is 2.46. The monoisotopic (exact) mass is 311 g/mol. The van der Waals surface area contributed by atoms with Crippen LogP contribution in [0.4, 0.5) is 10.1 Å². The molecule has 104 valence electrons. The number of rotatable bonds is 4. The van der Waals surface area contributed by atoms with Gasteiger partial charge < -0.3 is 10.4 Å². The zero-order valence-corrected chi connectivity index (χ0v) is 11.8. The maximum Gasteiger partial charge on any atom is 0.234 e. The third-order valence-corrected chi connectivity index (χ3v) is 3.80. The number of carbonyl (C=O) groups is 1. The highest BCUT2D eigenvalue weighted by molar-refractivity contribution is 8.00. The number of anilines is 1. The first-order valence-corrected chi connectivity index (χ1v) is 7.08. The molecule has 20 heavy (non-hydrogen) atoms. The molecule has 0 bridgehead atoms. The molecule has 0 atom stereocenters. The molecule has 2 rings (SSSR count). The smallest absolute Gasteiger partial charge is 0.234 e. The van der Waals surface area contributed by atoms with Gasteiger partial charge in [0.15, 0.2) is 0 Å². The van der Waals surface area contributed by atoms with Crippen LogP contribution in [0.1, 0.15) is 0 Å². The van der Waals surface area contributed by atoms with Crippen LogP contribution in [-0.2, 0) is 4.79 Å². The van der Waals surface area contributed by atoms with Gasteiger partial charge in [0, 0.05) is 4.90 Å². The van der Waals surface area contributed by atoms with Crippen molar-refractivity contribution in [1.82, 2.24) is 0 Å². The summed E-state index contributed by atoms with van der Waals surface area (Å²) in [7, 11) is 0. The minimum atomic E-state index is -0.461. The second-order valence-corrected chi connectivity index (χ2v) is 5.35. The second kappa shape index (κ2) is 6.63. The number of nitrogens with one attached hydrogen (secondary N) is 1. The van der Waals surface area contributed by atoms with Gasteiger partial charge in [-0.25, -0.2) is 4.39 Å². The van der Waals surface area contributed by atoms with Crippen LogP contribution in [0.2, 0.25) is 5.02 Å². The molecule has 0 unspecified atom stereocenters. The zero-order chi connectivity index (χ0) is 14.5. The molecule has 0 radical (unpaired) electrons. The SMILES string of the molecule is O=C(CSc1ccccc1O)Nc1ccc(F)cc1Cl. The van der Waals surface area contributed by atoms with Gasteiger partial charge in [-0.15, -0.1) is 11.8 Å². The third-order valence-electron chi connectivity index (χ3n) is 2.43. The minimum absolute atomic E-state index is 0.116. The van der Waals surface area contributed by atoms with Crippen LogP contribution >= 0.6 is 23.4 Å². The first-order valence-electron chi connectivity index (χ1n) is 5.72. The van der Waals surface area contributed by atoms with Crippen molar-refractivity contribution in [2.24, 2.45) is 0 Å². The average Bonchev–Trinajstić information content (AvgIpc) is 2.41. The Balaban J connectivity index is 1.94. The van der Waals surface area contributed by atoms with Gasteiger partial charge in [-0.1, -0.05) is 23.7 Å². The summed E-state index contributed by atoms with van der Waals surface area (Å²) in [4.78, 5) is 12.4. The van der Waals surface area contributed by atoms with Crippen molar-refractivity contribution in [2.75, 3.05) is 11.1 Å². The number of phenols is 1. The van der Waals surface area contributed by atoms with Crippen molar-refractivity contribution >= 4 is 35.0 Å². The van der Waals surface area contributed by atoms with E-state index in [9.17, 15) is 14.3 Å². The predicted octanol–water partition coefficient (Wildman–Crippen LogP) is 3.92. The third kappa shape index (κ3) is 3.88. The molecule has 2 aromatic rings. The number of benzene rings is 2. The summed E-state index contributed by atoms with van der Waals surface area (Å²) in [5.41, 5.74) is 0.357. The molecule has 3 nitrogen and oxygen atoms in total. The summed E-state index contributed by atoms with van der Waals surface area (Å²) in [6.45, 7) is 0. The topological polar surface area (TPSA) is 49.3 Å². The first kappa shape index (κ1) is 14.7. The molecule has 6 heteroatoms. The minimum Gasteiger partial charge on any atom is -0.507 e. The Hall–Kier alpha value is -1.72. The van der Waals surface area contributed by atoms with Gasteiger partial charge in [-0.2, -0.15) is 0 Å². The number of amides is 1. The predicted molar refractivity (Wildman–Crippen MR) is 78.9 cm³/mol. The molecular weight excluding hydrogens is 301 g/mol. The van der Waals surface area contributed by atoms with E-state index in [1.807, 2.05) is 0 Å². The van der Waals surface area contributed by atoms with E-state index in [1.165, 1.54) is 23.9 Å². The lowest BCUT2D eigenvalue weighted by Gasteiger charge is -2.07. The Kier molecular flexibility index (Phi) is 4.87. The number of halogens is 2. The Labute approximate surface area is 124 Å². The van der Waals surface area contributed by atoms with Crippen LogP contribution in [0.3, 0.4) is 0 Å². The van der Waals surface area contributed by atoms with E-state index in [-0.39, 0.29) is 22.4 Å². The van der Waals surface area contributed by atoms with E-state index in [4.69, 9.17) is 11.6 Å². The Morgan fingerprint density at radius 2 is 2.05 bits per heavy atom. The van der Waals surface area contributed by atoms with Crippen molar-refractivity contribution in [3.63, 3.8) is 0 Å². The normalized spacial score (nSPS) is 10.3. The standard InChI is InChI=1S/C14H11ClFNO2S/c15-10-7-9(16)5-6-11(10)17-14(19)8-20-13-4-2-1-3-12(13)18/h1-7,18H,8H2,(H,17,19). The summed E-state index contributed by atoms with van der Waals surface area (Å²) < 4.78 is 12.9. The fourth-order valence-electron chi connectivity index (χ4n) is 1.50. The second-order valence-electron chi connectivity index (χ2n) is 3.93. The van der Waals surface area contributed by atoms with Crippen LogP contribution in [0, 0.1) is 5.82 Å². The summed E-state index contributed by atoms with van der Waals surface area (Å²) in [6.07, 6.45) is 0. The highest BCUT2D eigenvalue weighted by atomic mass is 35.5. The van der Waals surface area contributed by atoms with E-state index in [0.29, 0.717) is 10.6 Å². The number of para-hydroxylation sites is 1. The summed E-state index contributed by atoms with van der Waals surface area (Å²) >= 11 is 7.02. The zero-order valence-electron chi connectivity index (χ0n) is 10.3.